The van der Waals surface area contributed by atoms with E-state index in [1.165, 1.54) is 30.7 Å². The molecule has 7 heteroatoms. The highest BCUT2D eigenvalue weighted by atomic mass is 32.2. The molecule has 0 saturated heterocycles. The van der Waals surface area contributed by atoms with E-state index in [0.717, 1.165) is 35.6 Å². The Labute approximate surface area is 172 Å². The Bertz CT molecular complexity index is 922. The molecule has 1 amide bonds. The number of carbonyl (C=O) groups excluding carboxylic acids is 1. The van der Waals surface area contributed by atoms with Crippen LogP contribution >= 0.6 is 0 Å². The molecule has 1 aliphatic carbocycles. The SMILES string of the molecule is Cc1ccc(S(=O)(=O)N(CC(=O)NC2CCCCC2)Cc2ccc(F)cc2)cc1. The summed E-state index contributed by atoms with van der Waals surface area (Å²) >= 11 is 0. The molecule has 0 unspecified atom stereocenters. The van der Waals surface area contributed by atoms with Crippen molar-refractivity contribution >= 4 is 15.9 Å². The number of nitrogens with one attached hydrogen (secondary N) is 1. The maximum absolute atomic E-state index is 13.2. The van der Waals surface area contributed by atoms with Crippen LogP contribution in [0.2, 0.25) is 0 Å². The Kier molecular flexibility index (Phi) is 7.03. The van der Waals surface area contributed by atoms with Crippen LogP contribution in [-0.2, 0) is 21.4 Å². The Balaban J connectivity index is 1.81. The molecule has 29 heavy (non-hydrogen) atoms. The first-order valence-electron chi connectivity index (χ1n) is 9.95. The monoisotopic (exact) mass is 418 g/mol. The fourth-order valence-electron chi connectivity index (χ4n) is 3.56. The minimum atomic E-state index is -3.88. The van der Waals surface area contributed by atoms with Gasteiger partial charge in [0.05, 0.1) is 11.4 Å². The van der Waals surface area contributed by atoms with Gasteiger partial charge in [-0.1, -0.05) is 49.1 Å². The van der Waals surface area contributed by atoms with Crippen LogP contribution in [0.3, 0.4) is 0 Å². The third kappa shape index (κ3) is 5.87. The van der Waals surface area contributed by atoms with E-state index in [-0.39, 0.29) is 29.9 Å². The molecular formula is C22H27FN2O3S. The predicted octanol–water partition coefficient (Wildman–Crippen LogP) is 3.77. The first-order valence-corrected chi connectivity index (χ1v) is 11.4. The van der Waals surface area contributed by atoms with Crippen LogP contribution in [0.25, 0.3) is 0 Å². The van der Waals surface area contributed by atoms with Crippen molar-refractivity contribution in [2.24, 2.45) is 0 Å². The molecule has 0 bridgehead atoms. The molecule has 0 heterocycles. The van der Waals surface area contributed by atoms with Gasteiger partial charge in [0.25, 0.3) is 0 Å². The van der Waals surface area contributed by atoms with Gasteiger partial charge in [-0.25, -0.2) is 12.8 Å². The molecule has 1 N–H and O–H groups in total. The summed E-state index contributed by atoms with van der Waals surface area (Å²) < 4.78 is 40.8. The number of halogens is 1. The second-order valence-electron chi connectivity index (χ2n) is 7.62. The summed E-state index contributed by atoms with van der Waals surface area (Å²) in [5.74, 6) is -0.702. The van der Waals surface area contributed by atoms with Crippen molar-refractivity contribution in [1.82, 2.24) is 9.62 Å². The van der Waals surface area contributed by atoms with Crippen molar-refractivity contribution in [3.8, 4) is 0 Å². The molecule has 5 nitrogen and oxygen atoms in total. The van der Waals surface area contributed by atoms with Crippen LogP contribution < -0.4 is 5.32 Å². The molecule has 1 aliphatic rings. The van der Waals surface area contributed by atoms with Crippen LogP contribution in [0.15, 0.2) is 53.4 Å². The van der Waals surface area contributed by atoms with E-state index in [9.17, 15) is 17.6 Å². The van der Waals surface area contributed by atoms with Gasteiger partial charge in [0, 0.05) is 12.6 Å². The average molecular weight is 419 g/mol. The van der Waals surface area contributed by atoms with Gasteiger partial charge in [-0.15, -0.1) is 0 Å². The number of carbonyl (C=O) groups is 1. The zero-order chi connectivity index (χ0) is 20.9. The molecule has 0 radical (unpaired) electrons. The maximum atomic E-state index is 13.2. The van der Waals surface area contributed by atoms with Gasteiger partial charge in [0.15, 0.2) is 0 Å². The minimum absolute atomic E-state index is 0.00538. The van der Waals surface area contributed by atoms with Crippen molar-refractivity contribution in [2.45, 2.75) is 56.5 Å². The number of amides is 1. The third-order valence-corrected chi connectivity index (χ3v) is 7.03. The van der Waals surface area contributed by atoms with E-state index >= 15 is 0 Å². The molecule has 3 rings (SSSR count). The lowest BCUT2D eigenvalue weighted by molar-refractivity contribution is -0.122. The zero-order valence-electron chi connectivity index (χ0n) is 16.6. The summed E-state index contributed by atoms with van der Waals surface area (Å²) in [6.07, 6.45) is 5.17. The van der Waals surface area contributed by atoms with E-state index < -0.39 is 15.8 Å². The van der Waals surface area contributed by atoms with Gasteiger partial charge in [0.1, 0.15) is 5.82 Å². The Morgan fingerprint density at radius 1 is 1.03 bits per heavy atom. The number of aryl methyl sites for hydroxylation is 1. The lowest BCUT2D eigenvalue weighted by Gasteiger charge is -2.26. The van der Waals surface area contributed by atoms with E-state index in [0.29, 0.717) is 5.56 Å². The van der Waals surface area contributed by atoms with Crippen LogP contribution in [0.5, 0.6) is 0 Å². The number of nitrogens with zero attached hydrogens (tertiary/aromatic N) is 1. The standard InChI is InChI=1S/C22H27FN2O3S/c1-17-7-13-21(14-8-17)29(27,28)25(15-18-9-11-19(23)12-10-18)16-22(26)24-20-5-3-2-4-6-20/h7-14,20H,2-6,15-16H2,1H3,(H,24,26). The number of hydrogen-bond acceptors (Lipinski definition) is 3. The molecule has 0 aromatic heterocycles. The fraction of sp³-hybridized carbons (Fsp3) is 0.409. The highest BCUT2D eigenvalue weighted by Gasteiger charge is 2.28. The summed E-state index contributed by atoms with van der Waals surface area (Å²) in [6, 6.07) is 12.3. The number of hydrogen-bond donors (Lipinski definition) is 1. The highest BCUT2D eigenvalue weighted by Crippen LogP contribution is 2.20. The van der Waals surface area contributed by atoms with Crippen LogP contribution in [0, 0.1) is 12.7 Å². The molecule has 0 aliphatic heterocycles. The molecule has 1 fully saturated rings. The van der Waals surface area contributed by atoms with Gasteiger partial charge in [0.2, 0.25) is 15.9 Å². The zero-order valence-corrected chi connectivity index (χ0v) is 17.4. The highest BCUT2D eigenvalue weighted by molar-refractivity contribution is 7.89. The van der Waals surface area contributed by atoms with Gasteiger partial charge >= 0.3 is 0 Å². The van der Waals surface area contributed by atoms with Crippen LogP contribution in [0.1, 0.15) is 43.2 Å². The van der Waals surface area contributed by atoms with E-state index in [1.54, 1.807) is 24.3 Å². The van der Waals surface area contributed by atoms with Crippen LogP contribution in [-0.4, -0.2) is 31.2 Å². The number of rotatable bonds is 7. The number of sulfonamides is 1. The van der Waals surface area contributed by atoms with Gasteiger partial charge < -0.3 is 5.32 Å². The molecule has 0 atom stereocenters. The molecule has 156 valence electrons. The Hall–Kier alpha value is -2.25. The Morgan fingerprint density at radius 3 is 2.28 bits per heavy atom. The largest absolute Gasteiger partial charge is 0.352 e. The summed E-state index contributed by atoms with van der Waals surface area (Å²) in [6.45, 7) is 1.60. The minimum Gasteiger partial charge on any atom is -0.352 e. The third-order valence-electron chi connectivity index (χ3n) is 5.22. The van der Waals surface area contributed by atoms with Crippen molar-refractivity contribution in [2.75, 3.05) is 6.54 Å². The van der Waals surface area contributed by atoms with E-state index in [2.05, 4.69) is 5.32 Å². The summed E-state index contributed by atoms with van der Waals surface area (Å²) in [4.78, 5) is 12.8. The van der Waals surface area contributed by atoms with E-state index in [1.807, 2.05) is 6.92 Å². The predicted molar refractivity (Wildman–Crippen MR) is 110 cm³/mol. The molecule has 2 aromatic carbocycles. The summed E-state index contributed by atoms with van der Waals surface area (Å²) in [5, 5.41) is 2.97. The first kappa shape index (κ1) is 21.5. The molecule has 2 aromatic rings. The second kappa shape index (κ2) is 9.50. The molecule has 0 spiro atoms. The average Bonchev–Trinajstić information content (AvgIpc) is 2.70. The number of benzene rings is 2. The van der Waals surface area contributed by atoms with E-state index in [4.69, 9.17) is 0 Å². The molecular weight excluding hydrogens is 391 g/mol. The van der Waals surface area contributed by atoms with Crippen LogP contribution in [0.4, 0.5) is 4.39 Å². The second-order valence-corrected chi connectivity index (χ2v) is 9.55. The normalized spacial score (nSPS) is 15.4. The van der Waals surface area contributed by atoms with Crippen molar-refractivity contribution < 1.29 is 17.6 Å². The van der Waals surface area contributed by atoms with Crippen molar-refractivity contribution in [1.29, 1.82) is 0 Å². The van der Waals surface area contributed by atoms with Crippen molar-refractivity contribution in [3.63, 3.8) is 0 Å². The van der Waals surface area contributed by atoms with Crippen molar-refractivity contribution in [3.05, 3.63) is 65.5 Å². The lowest BCUT2D eigenvalue weighted by atomic mass is 9.95. The topological polar surface area (TPSA) is 66.5 Å². The Morgan fingerprint density at radius 2 is 1.66 bits per heavy atom. The quantitative estimate of drug-likeness (QED) is 0.744. The van der Waals surface area contributed by atoms with Gasteiger partial charge in [-0.3, -0.25) is 4.79 Å². The maximum Gasteiger partial charge on any atom is 0.243 e. The summed E-state index contributed by atoms with van der Waals surface area (Å²) in [5.41, 5.74) is 1.57. The molecule has 1 saturated carbocycles. The first-order chi connectivity index (χ1) is 13.8. The summed E-state index contributed by atoms with van der Waals surface area (Å²) in [7, 11) is -3.88. The van der Waals surface area contributed by atoms with Gasteiger partial charge in [-0.2, -0.15) is 4.31 Å². The lowest BCUT2D eigenvalue weighted by Crippen LogP contribution is -2.44. The van der Waals surface area contributed by atoms with Gasteiger partial charge in [-0.05, 0) is 49.6 Å². The smallest absolute Gasteiger partial charge is 0.243 e. The fourth-order valence-corrected chi connectivity index (χ4v) is 4.94.